The van der Waals surface area contributed by atoms with Crippen LogP contribution in [0.2, 0.25) is 0 Å². The molecule has 3 aromatic rings. The van der Waals surface area contributed by atoms with E-state index >= 15 is 0 Å². The number of methoxy groups -OCH3 is 1. The maximum atomic E-state index is 5.43. The zero-order valence-corrected chi connectivity index (χ0v) is 15.6. The number of aromatic nitrogens is 2. The van der Waals surface area contributed by atoms with Gasteiger partial charge in [-0.2, -0.15) is 4.98 Å². The highest BCUT2D eigenvalue weighted by atomic mass is 16.5. The zero-order valence-electron chi connectivity index (χ0n) is 15.6. The van der Waals surface area contributed by atoms with Crippen molar-refractivity contribution in [3.8, 4) is 5.75 Å². The minimum absolute atomic E-state index is 0.559. The third kappa shape index (κ3) is 4.30. The smallest absolute Gasteiger partial charge is 0.229 e. The van der Waals surface area contributed by atoms with Crippen molar-refractivity contribution in [2.75, 3.05) is 17.7 Å². The molecule has 0 bridgehead atoms. The van der Waals surface area contributed by atoms with E-state index in [9.17, 15) is 0 Å². The number of aryl methyl sites for hydroxylation is 3. The average Bonchev–Trinajstić information content (AvgIpc) is 2.62. The van der Waals surface area contributed by atoms with E-state index in [0.29, 0.717) is 11.8 Å². The lowest BCUT2D eigenvalue weighted by Gasteiger charge is -2.13. The van der Waals surface area contributed by atoms with Crippen molar-refractivity contribution >= 4 is 23.1 Å². The fourth-order valence-corrected chi connectivity index (χ4v) is 2.70. The first kappa shape index (κ1) is 17.7. The summed E-state index contributed by atoms with van der Waals surface area (Å²) in [6.45, 7) is 6.14. The molecule has 1 aromatic heterocycles. The molecule has 0 unspecified atom stereocenters. The van der Waals surface area contributed by atoms with E-state index in [1.54, 1.807) is 7.11 Å². The van der Waals surface area contributed by atoms with Crippen LogP contribution in [0.5, 0.6) is 5.75 Å². The molecule has 134 valence electrons. The summed E-state index contributed by atoms with van der Waals surface area (Å²) in [5.41, 5.74) is 5.17. The van der Waals surface area contributed by atoms with Gasteiger partial charge < -0.3 is 15.4 Å². The van der Waals surface area contributed by atoms with Crippen LogP contribution in [0, 0.1) is 13.8 Å². The van der Waals surface area contributed by atoms with Gasteiger partial charge >= 0.3 is 0 Å². The minimum atomic E-state index is 0.559. The summed E-state index contributed by atoms with van der Waals surface area (Å²) in [6, 6.07) is 16.2. The molecule has 0 aliphatic heterocycles. The molecule has 0 aliphatic carbocycles. The van der Waals surface area contributed by atoms with Gasteiger partial charge in [0.25, 0.3) is 0 Å². The van der Waals surface area contributed by atoms with Gasteiger partial charge in [0, 0.05) is 17.4 Å². The number of anilines is 4. The second-order valence-corrected chi connectivity index (χ2v) is 6.22. The van der Waals surface area contributed by atoms with Crippen LogP contribution in [0.15, 0.2) is 48.5 Å². The van der Waals surface area contributed by atoms with E-state index in [1.165, 1.54) is 5.56 Å². The lowest BCUT2D eigenvalue weighted by molar-refractivity contribution is 0.416. The highest BCUT2D eigenvalue weighted by molar-refractivity contribution is 5.66. The van der Waals surface area contributed by atoms with Crippen molar-refractivity contribution in [2.24, 2.45) is 0 Å². The third-order valence-corrected chi connectivity index (χ3v) is 4.09. The van der Waals surface area contributed by atoms with Gasteiger partial charge in [-0.1, -0.05) is 25.1 Å². The first-order valence-corrected chi connectivity index (χ1v) is 8.70. The van der Waals surface area contributed by atoms with Crippen LogP contribution in [0.4, 0.5) is 23.1 Å². The zero-order chi connectivity index (χ0) is 18.5. The molecular weight excluding hydrogens is 324 g/mol. The fourth-order valence-electron chi connectivity index (χ4n) is 2.70. The normalized spacial score (nSPS) is 10.5. The van der Waals surface area contributed by atoms with E-state index in [-0.39, 0.29) is 0 Å². The van der Waals surface area contributed by atoms with Gasteiger partial charge in [-0.05, 0) is 55.7 Å². The molecule has 0 radical (unpaired) electrons. The Kier molecular flexibility index (Phi) is 5.37. The number of hydrogen-bond acceptors (Lipinski definition) is 5. The van der Waals surface area contributed by atoms with Crippen molar-refractivity contribution in [1.29, 1.82) is 0 Å². The second kappa shape index (κ2) is 7.87. The number of benzene rings is 2. The van der Waals surface area contributed by atoms with E-state index in [4.69, 9.17) is 4.74 Å². The molecule has 0 aliphatic rings. The molecule has 2 aromatic carbocycles. The lowest BCUT2D eigenvalue weighted by Crippen LogP contribution is -2.03. The summed E-state index contributed by atoms with van der Waals surface area (Å²) in [6.07, 6.45) is 1.02. The molecule has 3 rings (SSSR count). The molecular formula is C21H24N4O. The summed E-state index contributed by atoms with van der Waals surface area (Å²) in [4.78, 5) is 9.06. The number of nitrogens with one attached hydrogen (secondary N) is 2. The van der Waals surface area contributed by atoms with Crippen molar-refractivity contribution in [2.45, 2.75) is 27.2 Å². The quantitative estimate of drug-likeness (QED) is 0.645. The molecule has 0 amide bonds. The predicted octanol–water partition coefficient (Wildman–Crippen LogP) is 5.15. The van der Waals surface area contributed by atoms with Gasteiger partial charge in [-0.25, -0.2) is 4.98 Å². The molecule has 0 spiro atoms. The maximum Gasteiger partial charge on any atom is 0.229 e. The third-order valence-electron chi connectivity index (χ3n) is 4.09. The van der Waals surface area contributed by atoms with Crippen LogP contribution in [-0.4, -0.2) is 17.1 Å². The average molecular weight is 348 g/mol. The summed E-state index contributed by atoms with van der Waals surface area (Å²) in [7, 11) is 1.66. The monoisotopic (exact) mass is 348 g/mol. The highest BCUT2D eigenvalue weighted by Crippen LogP contribution is 2.28. The van der Waals surface area contributed by atoms with Crippen molar-refractivity contribution < 1.29 is 4.74 Å². The number of ether oxygens (including phenoxy) is 1. The van der Waals surface area contributed by atoms with Crippen LogP contribution >= 0.6 is 0 Å². The van der Waals surface area contributed by atoms with Crippen LogP contribution in [0.25, 0.3) is 0 Å². The van der Waals surface area contributed by atoms with Crippen LogP contribution in [0.1, 0.15) is 23.7 Å². The van der Waals surface area contributed by atoms with Gasteiger partial charge in [-0.15, -0.1) is 0 Å². The Balaban J connectivity index is 1.84. The highest BCUT2D eigenvalue weighted by Gasteiger charge is 2.07. The lowest BCUT2D eigenvalue weighted by atomic mass is 10.1. The second-order valence-electron chi connectivity index (χ2n) is 6.22. The molecule has 1 heterocycles. The summed E-state index contributed by atoms with van der Waals surface area (Å²) < 4.78 is 5.43. The van der Waals surface area contributed by atoms with E-state index in [0.717, 1.165) is 34.8 Å². The Hall–Kier alpha value is -3.08. The summed E-state index contributed by atoms with van der Waals surface area (Å²) in [5, 5.41) is 6.60. The molecule has 26 heavy (non-hydrogen) atoms. The standard InChI is InChI=1S/C21H24N4O/c1-5-16-7-9-17(10-8-16)23-21-22-15(3)13-20(25-21)24-18-12-14(2)6-11-19(18)26-4/h6-13H,5H2,1-4H3,(H2,22,23,24,25). The summed E-state index contributed by atoms with van der Waals surface area (Å²) >= 11 is 0. The van der Waals surface area contributed by atoms with Gasteiger partial charge in [0.1, 0.15) is 11.6 Å². The minimum Gasteiger partial charge on any atom is -0.495 e. The molecule has 0 saturated heterocycles. The topological polar surface area (TPSA) is 59.1 Å². The fraction of sp³-hybridized carbons (Fsp3) is 0.238. The summed E-state index contributed by atoms with van der Waals surface area (Å²) in [5.74, 6) is 2.05. The van der Waals surface area contributed by atoms with Crippen molar-refractivity contribution in [1.82, 2.24) is 9.97 Å². The first-order chi connectivity index (χ1) is 12.6. The SMILES string of the molecule is CCc1ccc(Nc2nc(C)cc(Nc3cc(C)ccc3OC)n2)cc1. The Morgan fingerprint density at radius 1 is 0.923 bits per heavy atom. The van der Waals surface area contributed by atoms with Crippen molar-refractivity contribution in [3.63, 3.8) is 0 Å². The largest absolute Gasteiger partial charge is 0.495 e. The predicted molar refractivity (Wildman–Crippen MR) is 107 cm³/mol. The first-order valence-electron chi connectivity index (χ1n) is 8.70. The van der Waals surface area contributed by atoms with Crippen LogP contribution in [-0.2, 0) is 6.42 Å². The number of hydrogen-bond donors (Lipinski definition) is 2. The van der Waals surface area contributed by atoms with Gasteiger partial charge in [0.2, 0.25) is 5.95 Å². The molecule has 2 N–H and O–H groups in total. The van der Waals surface area contributed by atoms with E-state index in [1.807, 2.05) is 50.2 Å². The van der Waals surface area contributed by atoms with Crippen LogP contribution in [0.3, 0.4) is 0 Å². The Bertz CT molecular complexity index is 891. The molecule has 0 atom stereocenters. The molecule has 5 heteroatoms. The van der Waals surface area contributed by atoms with Gasteiger partial charge in [-0.3, -0.25) is 0 Å². The number of rotatable bonds is 6. The van der Waals surface area contributed by atoms with Crippen LogP contribution < -0.4 is 15.4 Å². The van der Waals surface area contributed by atoms with Crippen molar-refractivity contribution in [3.05, 3.63) is 65.4 Å². The van der Waals surface area contributed by atoms with Gasteiger partial charge in [0.15, 0.2) is 0 Å². The molecule has 5 nitrogen and oxygen atoms in total. The Morgan fingerprint density at radius 2 is 1.69 bits per heavy atom. The Labute approximate surface area is 154 Å². The van der Waals surface area contributed by atoms with Gasteiger partial charge in [0.05, 0.1) is 12.8 Å². The van der Waals surface area contributed by atoms with E-state index < -0.39 is 0 Å². The Morgan fingerprint density at radius 3 is 2.38 bits per heavy atom. The number of nitrogens with zero attached hydrogens (tertiary/aromatic N) is 2. The molecule has 0 saturated carbocycles. The van der Waals surface area contributed by atoms with E-state index in [2.05, 4.69) is 39.7 Å². The molecule has 0 fully saturated rings. The maximum absolute atomic E-state index is 5.43.